The number of alkyl halides is 3. The van der Waals surface area contributed by atoms with Gasteiger partial charge in [-0.3, -0.25) is 4.90 Å². The first kappa shape index (κ1) is 15.0. The lowest BCUT2D eigenvalue weighted by molar-refractivity contribution is -0.125. The van der Waals surface area contributed by atoms with E-state index < -0.39 is 12.7 Å². The first-order chi connectivity index (χ1) is 8.28. The average Bonchev–Trinajstić information content (AvgIpc) is 2.61. The van der Waals surface area contributed by atoms with Gasteiger partial charge >= 0.3 is 6.18 Å². The van der Waals surface area contributed by atoms with Gasteiger partial charge in [0.05, 0.1) is 13.1 Å². The Morgan fingerprint density at radius 1 is 1.39 bits per heavy atom. The molecule has 0 fully saturated rings. The summed E-state index contributed by atoms with van der Waals surface area (Å²) in [6, 6.07) is 3.75. The molecule has 0 saturated carbocycles. The monoisotopic (exact) mass is 264 g/mol. The van der Waals surface area contributed by atoms with Crippen molar-refractivity contribution in [2.24, 2.45) is 0 Å². The van der Waals surface area contributed by atoms with Gasteiger partial charge in [0, 0.05) is 12.6 Å². The normalized spacial score (nSPS) is 14.2. The van der Waals surface area contributed by atoms with Gasteiger partial charge in [-0.2, -0.15) is 13.2 Å². The van der Waals surface area contributed by atoms with E-state index in [0.29, 0.717) is 6.54 Å². The molecule has 1 heterocycles. The number of hydrogen-bond acceptors (Lipinski definition) is 3. The summed E-state index contributed by atoms with van der Waals surface area (Å²) < 4.78 is 41.3. The first-order valence-corrected chi connectivity index (χ1v) is 5.81. The summed E-state index contributed by atoms with van der Waals surface area (Å²) in [4.78, 5) is 1.95. The van der Waals surface area contributed by atoms with Crippen LogP contribution in [0.25, 0.3) is 0 Å². The molecule has 1 atom stereocenters. The van der Waals surface area contributed by atoms with E-state index in [9.17, 15) is 13.2 Å². The van der Waals surface area contributed by atoms with E-state index in [1.807, 2.05) is 37.9 Å². The highest BCUT2D eigenvalue weighted by molar-refractivity contribution is 5.05. The lowest BCUT2D eigenvalue weighted by Gasteiger charge is -2.24. The molecular weight excluding hydrogens is 245 g/mol. The van der Waals surface area contributed by atoms with Crippen molar-refractivity contribution in [3.8, 4) is 0 Å². The van der Waals surface area contributed by atoms with Crippen molar-refractivity contribution in [2.45, 2.75) is 32.6 Å². The molecule has 18 heavy (non-hydrogen) atoms. The number of likely N-dealkylation sites (N-methyl/N-ethyl adjacent to an activating group) is 1. The minimum Gasteiger partial charge on any atom is -0.465 e. The van der Waals surface area contributed by atoms with Gasteiger partial charge in [0.25, 0.3) is 0 Å². The minimum absolute atomic E-state index is 0.00208. The lowest BCUT2D eigenvalue weighted by atomic mass is 10.2. The fourth-order valence-electron chi connectivity index (χ4n) is 1.55. The molecular formula is C12H19F3N2O. The summed E-state index contributed by atoms with van der Waals surface area (Å²) in [5.41, 5.74) is 0. The molecule has 0 bridgehead atoms. The summed E-state index contributed by atoms with van der Waals surface area (Å²) in [6.45, 7) is 3.65. The molecule has 1 aromatic rings. The molecule has 0 aromatic carbocycles. The third-order valence-electron chi connectivity index (χ3n) is 2.72. The fourth-order valence-corrected chi connectivity index (χ4v) is 1.55. The molecule has 0 saturated heterocycles. The van der Waals surface area contributed by atoms with Crippen LogP contribution in [-0.2, 0) is 6.54 Å². The lowest BCUT2D eigenvalue weighted by Crippen LogP contribution is -2.40. The molecule has 1 unspecified atom stereocenters. The number of furan rings is 1. The second kappa shape index (κ2) is 6.24. The van der Waals surface area contributed by atoms with Gasteiger partial charge < -0.3 is 9.73 Å². The predicted molar refractivity (Wildman–Crippen MR) is 63.3 cm³/mol. The molecule has 1 aromatic heterocycles. The summed E-state index contributed by atoms with van der Waals surface area (Å²) in [7, 11) is 1.86. The highest BCUT2D eigenvalue weighted by atomic mass is 19.4. The maximum absolute atomic E-state index is 12.0. The van der Waals surface area contributed by atoms with Crippen molar-refractivity contribution in [1.29, 1.82) is 0 Å². The van der Waals surface area contributed by atoms with Crippen LogP contribution in [0.3, 0.4) is 0 Å². The van der Waals surface area contributed by atoms with E-state index in [1.165, 1.54) is 0 Å². The van der Waals surface area contributed by atoms with Crippen molar-refractivity contribution < 1.29 is 17.6 Å². The molecule has 0 aliphatic carbocycles. The Morgan fingerprint density at radius 2 is 2.06 bits per heavy atom. The molecule has 0 spiro atoms. The van der Waals surface area contributed by atoms with E-state index in [1.54, 1.807) is 0 Å². The number of halogens is 3. The van der Waals surface area contributed by atoms with Crippen LogP contribution < -0.4 is 5.32 Å². The maximum Gasteiger partial charge on any atom is 0.401 e. The van der Waals surface area contributed by atoms with Gasteiger partial charge in [-0.25, -0.2) is 0 Å². The van der Waals surface area contributed by atoms with Crippen molar-refractivity contribution in [3.05, 3.63) is 23.7 Å². The zero-order valence-electron chi connectivity index (χ0n) is 10.8. The summed E-state index contributed by atoms with van der Waals surface area (Å²) in [6.07, 6.45) is -4.16. The maximum atomic E-state index is 12.0. The second-order valence-electron chi connectivity index (χ2n) is 4.52. The SMILES string of the molecule is Cc1ccc(CN(C)C(C)CNCC(F)(F)F)o1. The van der Waals surface area contributed by atoms with Crippen molar-refractivity contribution in [2.75, 3.05) is 20.1 Å². The Hall–Kier alpha value is -1.01. The van der Waals surface area contributed by atoms with Crippen molar-refractivity contribution in [3.63, 3.8) is 0 Å². The van der Waals surface area contributed by atoms with Crippen LogP contribution in [0.4, 0.5) is 13.2 Å². The molecule has 1 N–H and O–H groups in total. The molecule has 1 rings (SSSR count). The van der Waals surface area contributed by atoms with Crippen LogP contribution in [-0.4, -0.2) is 37.3 Å². The van der Waals surface area contributed by atoms with Gasteiger partial charge in [0.15, 0.2) is 0 Å². The van der Waals surface area contributed by atoms with Crippen LogP contribution in [0.2, 0.25) is 0 Å². The molecule has 6 heteroatoms. The van der Waals surface area contributed by atoms with Gasteiger partial charge in [0.2, 0.25) is 0 Å². The Morgan fingerprint density at radius 3 is 2.56 bits per heavy atom. The van der Waals surface area contributed by atoms with E-state index >= 15 is 0 Å². The summed E-state index contributed by atoms with van der Waals surface area (Å²) in [5.74, 6) is 1.65. The third kappa shape index (κ3) is 5.55. The van der Waals surface area contributed by atoms with E-state index in [4.69, 9.17) is 4.42 Å². The highest BCUT2D eigenvalue weighted by Crippen LogP contribution is 2.13. The Labute approximate surface area is 105 Å². The van der Waals surface area contributed by atoms with Gasteiger partial charge in [-0.1, -0.05) is 0 Å². The van der Waals surface area contributed by atoms with Crippen molar-refractivity contribution >= 4 is 0 Å². The van der Waals surface area contributed by atoms with Gasteiger partial charge in [-0.15, -0.1) is 0 Å². The zero-order valence-corrected chi connectivity index (χ0v) is 10.8. The zero-order chi connectivity index (χ0) is 13.8. The number of nitrogens with one attached hydrogen (secondary N) is 1. The molecule has 104 valence electrons. The smallest absolute Gasteiger partial charge is 0.401 e. The van der Waals surface area contributed by atoms with Crippen LogP contribution in [0.5, 0.6) is 0 Å². The molecule has 0 amide bonds. The summed E-state index contributed by atoms with van der Waals surface area (Å²) in [5, 5.41) is 2.40. The van der Waals surface area contributed by atoms with E-state index in [0.717, 1.165) is 11.5 Å². The topological polar surface area (TPSA) is 28.4 Å². The van der Waals surface area contributed by atoms with E-state index in [-0.39, 0.29) is 12.6 Å². The first-order valence-electron chi connectivity index (χ1n) is 5.81. The van der Waals surface area contributed by atoms with Crippen LogP contribution in [0.15, 0.2) is 16.5 Å². The fraction of sp³-hybridized carbons (Fsp3) is 0.667. The van der Waals surface area contributed by atoms with Crippen LogP contribution >= 0.6 is 0 Å². The highest BCUT2D eigenvalue weighted by Gasteiger charge is 2.26. The molecule has 3 nitrogen and oxygen atoms in total. The molecule has 0 radical (unpaired) electrons. The average molecular weight is 264 g/mol. The van der Waals surface area contributed by atoms with E-state index in [2.05, 4.69) is 5.32 Å². The Balaban J connectivity index is 2.30. The number of rotatable bonds is 6. The van der Waals surface area contributed by atoms with Crippen molar-refractivity contribution in [1.82, 2.24) is 10.2 Å². The second-order valence-corrected chi connectivity index (χ2v) is 4.52. The Bertz CT molecular complexity index is 362. The largest absolute Gasteiger partial charge is 0.465 e. The third-order valence-corrected chi connectivity index (χ3v) is 2.72. The minimum atomic E-state index is -4.16. The molecule has 0 aliphatic rings. The quantitative estimate of drug-likeness (QED) is 0.856. The number of nitrogens with zero attached hydrogens (tertiary/aromatic N) is 1. The standard InChI is InChI=1S/C12H19F3N2O/c1-9(6-16-8-12(13,14)15)17(3)7-11-5-4-10(2)18-11/h4-5,9,16H,6-8H2,1-3H3. The molecule has 0 aliphatic heterocycles. The Kier molecular flexibility index (Phi) is 5.22. The van der Waals surface area contributed by atoms with Gasteiger partial charge in [-0.05, 0) is 33.0 Å². The predicted octanol–water partition coefficient (Wildman–Crippen LogP) is 2.56. The van der Waals surface area contributed by atoms with Crippen LogP contribution in [0, 0.1) is 6.92 Å². The summed E-state index contributed by atoms with van der Waals surface area (Å²) >= 11 is 0. The number of hydrogen-bond donors (Lipinski definition) is 1. The van der Waals surface area contributed by atoms with Gasteiger partial charge in [0.1, 0.15) is 11.5 Å². The number of aryl methyl sites for hydroxylation is 1. The van der Waals surface area contributed by atoms with Crippen LogP contribution in [0.1, 0.15) is 18.4 Å².